The first-order valence-electron chi connectivity index (χ1n) is 4.93. The average molecular weight is 252 g/mol. The third kappa shape index (κ3) is 2.59. The van der Waals surface area contributed by atoms with Crippen LogP contribution in [0.5, 0.6) is 6.01 Å². The number of carboxylic acid groups (broad SMARTS) is 1. The molecule has 0 saturated carbocycles. The van der Waals surface area contributed by atoms with Gasteiger partial charge in [-0.25, -0.2) is 13.9 Å². The summed E-state index contributed by atoms with van der Waals surface area (Å²) in [7, 11) is 1.58. The van der Waals surface area contributed by atoms with Crippen LogP contribution < -0.4 is 4.74 Å². The van der Waals surface area contributed by atoms with Crippen molar-refractivity contribution in [1.29, 1.82) is 0 Å². The van der Waals surface area contributed by atoms with Gasteiger partial charge in [0.05, 0.1) is 6.20 Å². The summed E-state index contributed by atoms with van der Waals surface area (Å²) < 4.78 is 19.2. The minimum absolute atomic E-state index is 0.0841. The van der Waals surface area contributed by atoms with Crippen LogP contribution in [0.1, 0.15) is 0 Å². The number of halogens is 1. The zero-order valence-corrected chi connectivity index (χ0v) is 9.37. The number of aliphatic carboxylic acids is 1. The number of aryl methyl sites for hydroxylation is 1. The number of pyridine rings is 1. The number of hydrogen-bond donors (Lipinski definition) is 1. The van der Waals surface area contributed by atoms with E-state index in [0.717, 1.165) is 6.20 Å². The monoisotopic (exact) mass is 252 g/mol. The zero-order valence-electron chi connectivity index (χ0n) is 9.37. The molecule has 0 aromatic carbocycles. The standard InChI is InChI=1S/C10H9FN4O3/c1-15-9(6-2-7(11)4-12-3-6)13-10(14-15)18-5-8(16)17/h2-4H,5H2,1H3,(H,16,17). The summed E-state index contributed by atoms with van der Waals surface area (Å²) in [6.45, 7) is -0.537. The molecule has 0 aliphatic heterocycles. The van der Waals surface area contributed by atoms with Gasteiger partial charge in [0.25, 0.3) is 0 Å². The summed E-state index contributed by atoms with van der Waals surface area (Å²) >= 11 is 0. The molecule has 0 radical (unpaired) electrons. The highest BCUT2D eigenvalue weighted by Gasteiger charge is 2.12. The largest absolute Gasteiger partial charge is 0.479 e. The quantitative estimate of drug-likeness (QED) is 0.851. The molecule has 0 fully saturated rings. The van der Waals surface area contributed by atoms with Crippen LogP contribution in [-0.4, -0.2) is 37.4 Å². The maximum atomic E-state index is 13.0. The number of aromatic nitrogens is 4. The Hall–Kier alpha value is -2.51. The van der Waals surface area contributed by atoms with Crippen molar-refractivity contribution in [2.24, 2.45) is 7.05 Å². The molecule has 0 aliphatic rings. The summed E-state index contributed by atoms with van der Waals surface area (Å²) in [6, 6.07) is 1.16. The molecule has 0 unspecified atom stereocenters. The van der Waals surface area contributed by atoms with E-state index < -0.39 is 18.4 Å². The van der Waals surface area contributed by atoms with Gasteiger partial charge in [-0.3, -0.25) is 4.98 Å². The van der Waals surface area contributed by atoms with Gasteiger partial charge in [0.2, 0.25) is 0 Å². The van der Waals surface area contributed by atoms with E-state index in [-0.39, 0.29) is 6.01 Å². The van der Waals surface area contributed by atoms with E-state index in [9.17, 15) is 9.18 Å². The predicted octanol–water partition coefficient (Wildman–Crippen LogP) is 0.480. The van der Waals surface area contributed by atoms with Gasteiger partial charge >= 0.3 is 12.0 Å². The predicted molar refractivity (Wildman–Crippen MR) is 57.3 cm³/mol. The Morgan fingerprint density at radius 1 is 1.56 bits per heavy atom. The molecule has 0 atom stereocenters. The highest BCUT2D eigenvalue weighted by atomic mass is 19.1. The van der Waals surface area contributed by atoms with Gasteiger partial charge in [-0.05, 0) is 6.07 Å². The molecule has 0 bridgehead atoms. The van der Waals surface area contributed by atoms with E-state index in [1.54, 1.807) is 7.05 Å². The minimum Gasteiger partial charge on any atom is -0.479 e. The minimum atomic E-state index is -1.13. The van der Waals surface area contributed by atoms with E-state index in [2.05, 4.69) is 15.1 Å². The molecule has 2 aromatic heterocycles. The third-order valence-electron chi connectivity index (χ3n) is 2.03. The molecule has 94 valence electrons. The average Bonchev–Trinajstić information content (AvgIpc) is 2.68. The molecular weight excluding hydrogens is 243 g/mol. The fourth-order valence-corrected chi connectivity index (χ4v) is 1.33. The van der Waals surface area contributed by atoms with Crippen LogP contribution >= 0.6 is 0 Å². The number of hydrogen-bond acceptors (Lipinski definition) is 5. The summed E-state index contributed by atoms with van der Waals surface area (Å²) in [5.74, 6) is -1.29. The second-order valence-electron chi connectivity index (χ2n) is 3.42. The van der Waals surface area contributed by atoms with E-state index in [1.165, 1.54) is 16.9 Å². The molecule has 8 heteroatoms. The molecule has 2 heterocycles. The molecule has 2 aromatic rings. The lowest BCUT2D eigenvalue weighted by Crippen LogP contribution is -2.10. The lowest BCUT2D eigenvalue weighted by molar-refractivity contribution is -0.139. The van der Waals surface area contributed by atoms with Gasteiger partial charge in [0.1, 0.15) is 5.82 Å². The van der Waals surface area contributed by atoms with Gasteiger partial charge in [-0.1, -0.05) is 0 Å². The number of carbonyl (C=O) groups is 1. The van der Waals surface area contributed by atoms with Crippen molar-refractivity contribution in [2.75, 3.05) is 6.61 Å². The van der Waals surface area contributed by atoms with Crippen molar-refractivity contribution in [2.45, 2.75) is 0 Å². The summed E-state index contributed by atoms with van der Waals surface area (Å²) in [5.41, 5.74) is 0.426. The molecule has 0 aliphatic carbocycles. The first-order chi connectivity index (χ1) is 8.56. The van der Waals surface area contributed by atoms with Crippen LogP contribution in [0.2, 0.25) is 0 Å². The Morgan fingerprint density at radius 3 is 3.00 bits per heavy atom. The van der Waals surface area contributed by atoms with Crippen LogP contribution in [0.3, 0.4) is 0 Å². The van der Waals surface area contributed by atoms with Crippen LogP contribution in [0.15, 0.2) is 18.5 Å². The first kappa shape index (κ1) is 12.0. The van der Waals surface area contributed by atoms with Gasteiger partial charge in [-0.15, -0.1) is 5.10 Å². The lowest BCUT2D eigenvalue weighted by Gasteiger charge is -1.98. The smallest absolute Gasteiger partial charge is 0.341 e. The third-order valence-corrected chi connectivity index (χ3v) is 2.03. The second-order valence-corrected chi connectivity index (χ2v) is 3.42. The van der Waals surface area contributed by atoms with Gasteiger partial charge in [0, 0.05) is 18.8 Å². The maximum absolute atomic E-state index is 13.0. The molecule has 0 amide bonds. The summed E-state index contributed by atoms with van der Waals surface area (Å²) in [5, 5.41) is 12.3. The van der Waals surface area contributed by atoms with Crippen LogP contribution in [0.25, 0.3) is 11.4 Å². The number of rotatable bonds is 4. The van der Waals surface area contributed by atoms with E-state index >= 15 is 0 Å². The van der Waals surface area contributed by atoms with Crippen molar-refractivity contribution < 1.29 is 19.0 Å². The zero-order chi connectivity index (χ0) is 13.1. The Kier molecular flexibility index (Phi) is 3.18. The van der Waals surface area contributed by atoms with Crippen LogP contribution in [-0.2, 0) is 11.8 Å². The van der Waals surface area contributed by atoms with E-state index in [0.29, 0.717) is 11.4 Å². The number of ether oxygens (including phenoxy) is 1. The normalized spacial score (nSPS) is 10.3. The SMILES string of the molecule is Cn1nc(OCC(=O)O)nc1-c1cncc(F)c1. The maximum Gasteiger partial charge on any atom is 0.341 e. The van der Waals surface area contributed by atoms with E-state index in [4.69, 9.17) is 9.84 Å². The fourth-order valence-electron chi connectivity index (χ4n) is 1.33. The highest BCUT2D eigenvalue weighted by Crippen LogP contribution is 2.18. The lowest BCUT2D eigenvalue weighted by atomic mass is 10.3. The summed E-state index contributed by atoms with van der Waals surface area (Å²) in [6.07, 6.45) is 2.50. The second kappa shape index (κ2) is 4.78. The molecule has 18 heavy (non-hydrogen) atoms. The Balaban J connectivity index is 2.26. The Labute approximate surface area is 101 Å². The van der Waals surface area contributed by atoms with Crippen LogP contribution in [0, 0.1) is 5.82 Å². The van der Waals surface area contributed by atoms with Crippen molar-refractivity contribution in [3.05, 3.63) is 24.3 Å². The molecule has 2 rings (SSSR count). The first-order valence-corrected chi connectivity index (χ1v) is 4.93. The molecule has 1 N–H and O–H groups in total. The van der Waals surface area contributed by atoms with Gasteiger partial charge in [0.15, 0.2) is 12.4 Å². The summed E-state index contributed by atoms with van der Waals surface area (Å²) in [4.78, 5) is 18.0. The Morgan fingerprint density at radius 2 is 2.33 bits per heavy atom. The number of carboxylic acids is 1. The van der Waals surface area contributed by atoms with Crippen molar-refractivity contribution in [1.82, 2.24) is 19.7 Å². The topological polar surface area (TPSA) is 90.1 Å². The van der Waals surface area contributed by atoms with Crippen molar-refractivity contribution in [3.63, 3.8) is 0 Å². The molecule has 0 saturated heterocycles. The number of nitrogens with zero attached hydrogens (tertiary/aromatic N) is 4. The molecule has 7 nitrogen and oxygen atoms in total. The van der Waals surface area contributed by atoms with Gasteiger partial charge in [-0.2, -0.15) is 4.98 Å². The van der Waals surface area contributed by atoms with E-state index in [1.807, 2.05) is 0 Å². The van der Waals surface area contributed by atoms with Crippen LogP contribution in [0.4, 0.5) is 4.39 Å². The molecular formula is C10H9FN4O3. The van der Waals surface area contributed by atoms with Gasteiger partial charge < -0.3 is 9.84 Å². The highest BCUT2D eigenvalue weighted by molar-refractivity contribution is 5.68. The molecule has 0 spiro atoms. The van der Waals surface area contributed by atoms with Crippen molar-refractivity contribution in [3.8, 4) is 17.4 Å². The van der Waals surface area contributed by atoms with Crippen molar-refractivity contribution >= 4 is 5.97 Å². The Bertz CT molecular complexity index is 584. The fraction of sp³-hybridized carbons (Fsp3) is 0.200.